The first kappa shape index (κ1) is 19.1. The lowest BCUT2D eigenvalue weighted by molar-refractivity contribution is 0.0988. The maximum atomic E-state index is 13.3. The number of benzene rings is 2. The Balaban J connectivity index is 1.81. The third kappa shape index (κ3) is 3.36. The molecule has 1 amide bonds. The number of aryl methyl sites for hydroxylation is 1. The van der Waals surface area contributed by atoms with Gasteiger partial charge in [-0.25, -0.2) is 14.1 Å². The second-order valence-electron chi connectivity index (χ2n) is 6.54. The van der Waals surface area contributed by atoms with Gasteiger partial charge in [0.05, 0.1) is 27.4 Å². The van der Waals surface area contributed by atoms with Gasteiger partial charge in [-0.05, 0) is 50.2 Å². The monoisotopic (exact) mass is 408 g/mol. The van der Waals surface area contributed by atoms with Gasteiger partial charge >= 0.3 is 0 Å². The van der Waals surface area contributed by atoms with Crippen LogP contribution in [0, 0.1) is 12.7 Å². The number of fused-ring (bicyclic) bond motifs is 1. The number of nitrogens with zero attached hydrogens (tertiary/aromatic N) is 4. The SMILES string of the molecule is CCN(C(=O)c1cnc2c(c(C)nn2-c2ccc(F)cc2)c1Cl)c1ccccc1. The summed E-state index contributed by atoms with van der Waals surface area (Å²) in [6.45, 7) is 4.20. The van der Waals surface area contributed by atoms with E-state index in [1.54, 1.807) is 28.6 Å². The van der Waals surface area contributed by atoms with E-state index in [0.717, 1.165) is 5.69 Å². The molecule has 146 valence electrons. The molecule has 4 aromatic rings. The number of carbonyl (C=O) groups is 1. The highest BCUT2D eigenvalue weighted by molar-refractivity contribution is 6.39. The number of aromatic nitrogens is 3. The Morgan fingerprint density at radius 1 is 1.14 bits per heavy atom. The molecule has 2 aromatic carbocycles. The van der Waals surface area contributed by atoms with Crippen LogP contribution in [-0.4, -0.2) is 27.2 Å². The van der Waals surface area contributed by atoms with Gasteiger partial charge in [0.1, 0.15) is 5.82 Å². The average molecular weight is 409 g/mol. The molecule has 0 saturated heterocycles. The Labute approximate surface area is 172 Å². The Hall–Kier alpha value is -3.25. The summed E-state index contributed by atoms with van der Waals surface area (Å²) in [5.41, 5.74) is 2.91. The summed E-state index contributed by atoms with van der Waals surface area (Å²) in [5.74, 6) is -0.562. The van der Waals surface area contributed by atoms with Crippen molar-refractivity contribution in [3.8, 4) is 5.69 Å². The maximum Gasteiger partial charge on any atom is 0.261 e. The Morgan fingerprint density at radius 3 is 2.48 bits per heavy atom. The standard InChI is InChI=1S/C22H18ClFN4O/c1-3-27(16-7-5-4-6-8-16)22(29)18-13-25-21-19(20(18)23)14(2)26-28(21)17-11-9-15(24)10-12-17/h4-13H,3H2,1-2H3. The predicted octanol–water partition coefficient (Wildman–Crippen LogP) is 5.19. The fourth-order valence-electron chi connectivity index (χ4n) is 3.32. The third-order valence-corrected chi connectivity index (χ3v) is 5.13. The predicted molar refractivity (Wildman–Crippen MR) is 112 cm³/mol. The molecule has 0 saturated carbocycles. The van der Waals surface area contributed by atoms with Crippen LogP contribution in [0.2, 0.25) is 5.02 Å². The molecular weight excluding hydrogens is 391 g/mol. The Morgan fingerprint density at radius 2 is 1.83 bits per heavy atom. The fraction of sp³-hybridized carbons (Fsp3) is 0.136. The van der Waals surface area contributed by atoms with Crippen LogP contribution in [-0.2, 0) is 0 Å². The van der Waals surface area contributed by atoms with Crippen LogP contribution in [0.25, 0.3) is 16.7 Å². The molecule has 5 nitrogen and oxygen atoms in total. The number of hydrogen-bond donors (Lipinski definition) is 0. The molecule has 4 rings (SSSR count). The minimum atomic E-state index is -0.332. The number of halogens is 2. The van der Waals surface area contributed by atoms with Crippen molar-refractivity contribution in [2.75, 3.05) is 11.4 Å². The molecule has 0 aliphatic rings. The third-order valence-electron chi connectivity index (χ3n) is 4.74. The molecule has 0 spiro atoms. The number of amides is 1. The van der Waals surface area contributed by atoms with Crippen molar-refractivity contribution in [2.24, 2.45) is 0 Å². The van der Waals surface area contributed by atoms with Crippen LogP contribution in [0.4, 0.5) is 10.1 Å². The number of para-hydroxylation sites is 1. The summed E-state index contributed by atoms with van der Waals surface area (Å²) in [6, 6.07) is 15.4. The molecule has 2 heterocycles. The van der Waals surface area contributed by atoms with Gasteiger partial charge in [0.15, 0.2) is 5.65 Å². The molecule has 0 unspecified atom stereocenters. The second-order valence-corrected chi connectivity index (χ2v) is 6.92. The molecule has 0 radical (unpaired) electrons. The van der Waals surface area contributed by atoms with Crippen molar-refractivity contribution < 1.29 is 9.18 Å². The van der Waals surface area contributed by atoms with Gasteiger partial charge in [0.25, 0.3) is 5.91 Å². The lowest BCUT2D eigenvalue weighted by atomic mass is 10.1. The molecule has 0 aliphatic carbocycles. The maximum absolute atomic E-state index is 13.3. The minimum Gasteiger partial charge on any atom is -0.309 e. The van der Waals surface area contributed by atoms with Gasteiger partial charge in [-0.2, -0.15) is 5.10 Å². The normalized spacial score (nSPS) is 11.0. The first-order valence-electron chi connectivity index (χ1n) is 9.18. The number of hydrogen-bond acceptors (Lipinski definition) is 3. The zero-order chi connectivity index (χ0) is 20.5. The van der Waals surface area contributed by atoms with Crippen LogP contribution < -0.4 is 4.90 Å². The molecule has 29 heavy (non-hydrogen) atoms. The number of rotatable bonds is 4. The van der Waals surface area contributed by atoms with E-state index in [2.05, 4.69) is 10.1 Å². The van der Waals surface area contributed by atoms with Gasteiger partial charge in [-0.3, -0.25) is 4.79 Å². The van der Waals surface area contributed by atoms with Crippen molar-refractivity contribution in [2.45, 2.75) is 13.8 Å². The van der Waals surface area contributed by atoms with Crippen LogP contribution >= 0.6 is 11.6 Å². The first-order valence-corrected chi connectivity index (χ1v) is 9.55. The topological polar surface area (TPSA) is 51.0 Å². The molecule has 0 N–H and O–H groups in total. The van der Waals surface area contributed by atoms with Crippen molar-refractivity contribution in [1.29, 1.82) is 0 Å². The van der Waals surface area contributed by atoms with Crippen molar-refractivity contribution in [1.82, 2.24) is 14.8 Å². The molecule has 0 aliphatic heterocycles. The van der Waals surface area contributed by atoms with Crippen molar-refractivity contribution in [3.05, 3.63) is 82.9 Å². The van der Waals surface area contributed by atoms with Crippen molar-refractivity contribution in [3.63, 3.8) is 0 Å². The van der Waals surface area contributed by atoms with E-state index in [1.165, 1.54) is 18.3 Å². The van der Waals surface area contributed by atoms with E-state index < -0.39 is 0 Å². The summed E-state index contributed by atoms with van der Waals surface area (Å²) in [4.78, 5) is 19.3. The van der Waals surface area contributed by atoms with Gasteiger partial charge < -0.3 is 4.90 Å². The molecular formula is C22H18ClFN4O. The number of anilines is 1. The number of carbonyl (C=O) groups excluding carboxylic acids is 1. The van der Waals surface area contributed by atoms with E-state index in [0.29, 0.717) is 39.5 Å². The lowest BCUT2D eigenvalue weighted by Crippen LogP contribution is -2.31. The fourth-order valence-corrected chi connectivity index (χ4v) is 3.67. The zero-order valence-electron chi connectivity index (χ0n) is 15.9. The first-order chi connectivity index (χ1) is 14.0. The zero-order valence-corrected chi connectivity index (χ0v) is 16.7. The molecule has 2 aromatic heterocycles. The summed E-state index contributed by atoms with van der Waals surface area (Å²) in [5, 5.41) is 5.41. The highest BCUT2D eigenvalue weighted by atomic mass is 35.5. The highest BCUT2D eigenvalue weighted by Gasteiger charge is 2.23. The molecule has 0 atom stereocenters. The van der Waals surface area contributed by atoms with Crippen LogP contribution in [0.3, 0.4) is 0 Å². The molecule has 0 bridgehead atoms. The van der Waals surface area contributed by atoms with Gasteiger partial charge in [0, 0.05) is 18.4 Å². The van der Waals surface area contributed by atoms with Crippen LogP contribution in [0.5, 0.6) is 0 Å². The molecule has 7 heteroatoms. The van der Waals surface area contributed by atoms with Crippen LogP contribution in [0.1, 0.15) is 23.0 Å². The summed E-state index contributed by atoms with van der Waals surface area (Å²) < 4.78 is 14.9. The van der Waals surface area contributed by atoms with E-state index in [9.17, 15) is 9.18 Å². The number of pyridine rings is 1. The summed E-state index contributed by atoms with van der Waals surface area (Å²) >= 11 is 6.66. The lowest BCUT2D eigenvalue weighted by Gasteiger charge is -2.21. The average Bonchev–Trinajstić information content (AvgIpc) is 3.07. The van der Waals surface area contributed by atoms with Crippen LogP contribution in [0.15, 0.2) is 60.8 Å². The summed E-state index contributed by atoms with van der Waals surface area (Å²) in [6.07, 6.45) is 1.47. The minimum absolute atomic E-state index is 0.230. The smallest absolute Gasteiger partial charge is 0.261 e. The van der Waals surface area contributed by atoms with E-state index in [1.807, 2.05) is 37.3 Å². The Kier molecular flexibility index (Phi) is 5.03. The van der Waals surface area contributed by atoms with E-state index in [-0.39, 0.29) is 11.7 Å². The second kappa shape index (κ2) is 7.64. The van der Waals surface area contributed by atoms with Gasteiger partial charge in [-0.15, -0.1) is 0 Å². The summed E-state index contributed by atoms with van der Waals surface area (Å²) in [7, 11) is 0. The molecule has 0 fully saturated rings. The van der Waals surface area contributed by atoms with E-state index in [4.69, 9.17) is 11.6 Å². The Bertz CT molecular complexity index is 1190. The van der Waals surface area contributed by atoms with E-state index >= 15 is 0 Å². The van der Waals surface area contributed by atoms with Gasteiger partial charge in [0.2, 0.25) is 0 Å². The quantitative estimate of drug-likeness (QED) is 0.467. The highest BCUT2D eigenvalue weighted by Crippen LogP contribution is 2.31. The largest absolute Gasteiger partial charge is 0.309 e. The van der Waals surface area contributed by atoms with Gasteiger partial charge in [-0.1, -0.05) is 29.8 Å². The van der Waals surface area contributed by atoms with Crippen molar-refractivity contribution >= 4 is 34.2 Å².